The Kier molecular flexibility index (Phi) is 6.91. The number of nitrogens with two attached hydrogens (primary N) is 1. The van der Waals surface area contributed by atoms with Gasteiger partial charge in [0.15, 0.2) is 11.5 Å². The fourth-order valence-electron chi connectivity index (χ4n) is 4.46. The lowest BCUT2D eigenvalue weighted by atomic mass is 9.97. The van der Waals surface area contributed by atoms with E-state index in [0.717, 1.165) is 30.3 Å². The summed E-state index contributed by atoms with van der Waals surface area (Å²) in [5, 5.41) is 5.33. The third-order valence-electron chi connectivity index (χ3n) is 6.16. The second kappa shape index (κ2) is 9.48. The number of hydrogen-bond donors (Lipinski definition) is 1. The van der Waals surface area contributed by atoms with Crippen LogP contribution in [0.15, 0.2) is 47.4 Å². The molecule has 2 aromatic rings. The number of halogens is 3. The van der Waals surface area contributed by atoms with E-state index in [1.165, 1.54) is 24.3 Å². The monoisotopic (exact) mass is 510 g/mol. The maximum atomic E-state index is 13.0. The van der Waals surface area contributed by atoms with E-state index in [0.29, 0.717) is 49.5 Å². The Labute approximate surface area is 203 Å². The SMILES string of the molecule is CC1(C)Cc2cc(S(N)(=O)=O)cc(OCCCN3CC=C(c4cccc(C(F)(F)F)c4)CC3)c2O1. The van der Waals surface area contributed by atoms with E-state index in [4.69, 9.17) is 14.6 Å². The molecule has 10 heteroatoms. The molecule has 2 aliphatic heterocycles. The van der Waals surface area contributed by atoms with E-state index in [2.05, 4.69) is 4.90 Å². The summed E-state index contributed by atoms with van der Waals surface area (Å²) in [5.41, 5.74) is 1.17. The molecule has 0 atom stereocenters. The van der Waals surface area contributed by atoms with Crippen molar-refractivity contribution in [2.75, 3.05) is 26.2 Å². The zero-order chi connectivity index (χ0) is 25.4. The van der Waals surface area contributed by atoms with Gasteiger partial charge in [0.1, 0.15) is 5.60 Å². The second-order valence-electron chi connectivity index (χ2n) is 9.55. The Morgan fingerprint density at radius 3 is 2.63 bits per heavy atom. The Balaban J connectivity index is 1.34. The molecule has 0 saturated heterocycles. The number of benzene rings is 2. The van der Waals surface area contributed by atoms with Gasteiger partial charge in [-0.15, -0.1) is 0 Å². The van der Waals surface area contributed by atoms with E-state index in [-0.39, 0.29) is 4.90 Å². The fourth-order valence-corrected chi connectivity index (χ4v) is 5.04. The smallest absolute Gasteiger partial charge is 0.416 e. The Hall–Kier alpha value is -2.56. The van der Waals surface area contributed by atoms with Gasteiger partial charge in [-0.1, -0.05) is 18.2 Å². The minimum atomic E-state index is -4.36. The van der Waals surface area contributed by atoms with Crippen LogP contribution in [0.4, 0.5) is 13.2 Å². The molecule has 2 aliphatic rings. The van der Waals surface area contributed by atoms with Crippen molar-refractivity contribution in [3.05, 3.63) is 59.2 Å². The van der Waals surface area contributed by atoms with Crippen LogP contribution in [0.2, 0.25) is 0 Å². The molecule has 0 spiro atoms. The summed E-state index contributed by atoms with van der Waals surface area (Å²) in [7, 11) is -3.88. The van der Waals surface area contributed by atoms with Gasteiger partial charge in [0.2, 0.25) is 10.0 Å². The molecule has 190 valence electrons. The number of primary sulfonamides is 1. The van der Waals surface area contributed by atoms with Crippen LogP contribution >= 0.6 is 0 Å². The van der Waals surface area contributed by atoms with Gasteiger partial charge >= 0.3 is 6.18 Å². The van der Waals surface area contributed by atoms with Crippen molar-refractivity contribution in [2.45, 2.75) is 49.8 Å². The molecule has 35 heavy (non-hydrogen) atoms. The lowest BCUT2D eigenvalue weighted by Gasteiger charge is -2.26. The largest absolute Gasteiger partial charge is 0.490 e. The third-order valence-corrected chi connectivity index (χ3v) is 7.05. The van der Waals surface area contributed by atoms with Gasteiger partial charge in [-0.2, -0.15) is 13.2 Å². The van der Waals surface area contributed by atoms with Crippen LogP contribution in [0, 0.1) is 0 Å². The molecular weight excluding hydrogens is 481 g/mol. The molecular formula is C25H29F3N2O4S. The maximum Gasteiger partial charge on any atom is 0.416 e. The van der Waals surface area contributed by atoms with Crippen molar-refractivity contribution >= 4 is 15.6 Å². The van der Waals surface area contributed by atoms with Gasteiger partial charge < -0.3 is 9.47 Å². The molecule has 0 aliphatic carbocycles. The van der Waals surface area contributed by atoms with Crippen LogP contribution < -0.4 is 14.6 Å². The Bertz CT molecular complexity index is 1240. The molecule has 0 saturated carbocycles. The summed E-state index contributed by atoms with van der Waals surface area (Å²) in [6.45, 7) is 6.30. The van der Waals surface area contributed by atoms with Gasteiger partial charge in [-0.3, -0.25) is 4.90 Å². The minimum absolute atomic E-state index is 0.00385. The topological polar surface area (TPSA) is 81.9 Å². The maximum absolute atomic E-state index is 13.0. The summed E-state index contributed by atoms with van der Waals surface area (Å²) in [5.74, 6) is 0.913. The Morgan fingerprint density at radius 1 is 1.20 bits per heavy atom. The van der Waals surface area contributed by atoms with Crippen LogP contribution in [0.3, 0.4) is 0 Å². The number of sulfonamides is 1. The number of fused-ring (bicyclic) bond motifs is 1. The van der Waals surface area contributed by atoms with Crippen molar-refractivity contribution in [1.29, 1.82) is 0 Å². The Morgan fingerprint density at radius 2 is 1.97 bits per heavy atom. The van der Waals surface area contributed by atoms with Crippen molar-refractivity contribution in [2.24, 2.45) is 5.14 Å². The molecule has 0 fully saturated rings. The fraction of sp³-hybridized carbons (Fsp3) is 0.440. The average Bonchev–Trinajstić information content (AvgIpc) is 3.10. The number of ether oxygens (including phenoxy) is 2. The van der Waals surface area contributed by atoms with Gasteiger partial charge in [-0.25, -0.2) is 13.6 Å². The van der Waals surface area contributed by atoms with E-state index < -0.39 is 27.4 Å². The standard InChI is InChI=1S/C25H29F3N2O4S/c1-24(2)16-19-14-21(35(29,31)32)15-22(23(19)34-24)33-12-4-9-30-10-7-17(8-11-30)18-5-3-6-20(13-18)25(26,27)28/h3,5-7,13-15H,4,8-12,16H2,1-2H3,(H2,29,31,32). The van der Waals surface area contributed by atoms with Crippen molar-refractivity contribution < 1.29 is 31.1 Å². The quantitative estimate of drug-likeness (QED) is 0.550. The summed E-state index contributed by atoms with van der Waals surface area (Å²) >= 11 is 0. The van der Waals surface area contributed by atoms with Gasteiger partial charge in [-0.05, 0) is 56.0 Å². The predicted octanol–water partition coefficient (Wildman–Crippen LogP) is 4.62. The van der Waals surface area contributed by atoms with E-state index in [1.54, 1.807) is 6.07 Å². The number of alkyl halides is 3. The molecule has 2 N–H and O–H groups in total. The molecule has 4 rings (SSSR count). The summed E-state index contributed by atoms with van der Waals surface area (Å²) < 4.78 is 74.7. The normalized spacial score (nSPS) is 18.1. The molecule has 0 radical (unpaired) electrons. The van der Waals surface area contributed by atoms with Crippen LogP contribution in [0.1, 0.15) is 43.4 Å². The molecule has 0 bridgehead atoms. The van der Waals surface area contributed by atoms with E-state index >= 15 is 0 Å². The lowest BCUT2D eigenvalue weighted by molar-refractivity contribution is -0.137. The van der Waals surface area contributed by atoms with Crippen molar-refractivity contribution in [3.8, 4) is 11.5 Å². The van der Waals surface area contributed by atoms with E-state index in [1.807, 2.05) is 19.9 Å². The first-order valence-electron chi connectivity index (χ1n) is 11.4. The predicted molar refractivity (Wildman–Crippen MR) is 127 cm³/mol. The highest BCUT2D eigenvalue weighted by atomic mass is 32.2. The number of hydrogen-bond acceptors (Lipinski definition) is 5. The molecule has 0 unspecified atom stereocenters. The van der Waals surface area contributed by atoms with Crippen LogP contribution in [-0.2, 0) is 22.6 Å². The summed E-state index contributed by atoms with van der Waals surface area (Å²) in [4.78, 5) is 2.20. The highest BCUT2D eigenvalue weighted by molar-refractivity contribution is 7.89. The highest BCUT2D eigenvalue weighted by Crippen LogP contribution is 2.43. The molecule has 6 nitrogen and oxygen atoms in total. The highest BCUT2D eigenvalue weighted by Gasteiger charge is 2.34. The molecule has 2 heterocycles. The number of nitrogens with zero attached hydrogens (tertiary/aromatic N) is 1. The zero-order valence-corrected chi connectivity index (χ0v) is 20.5. The van der Waals surface area contributed by atoms with Gasteiger partial charge in [0, 0.05) is 37.7 Å². The molecule has 0 amide bonds. The summed E-state index contributed by atoms with van der Waals surface area (Å²) in [6.07, 6.45) is -0.486. The lowest BCUT2D eigenvalue weighted by Crippen LogP contribution is -2.30. The van der Waals surface area contributed by atoms with E-state index in [9.17, 15) is 21.6 Å². The molecule has 2 aromatic carbocycles. The van der Waals surface area contributed by atoms with Crippen LogP contribution in [0.25, 0.3) is 5.57 Å². The van der Waals surface area contributed by atoms with Crippen molar-refractivity contribution in [3.63, 3.8) is 0 Å². The minimum Gasteiger partial charge on any atom is -0.490 e. The zero-order valence-electron chi connectivity index (χ0n) is 19.7. The number of rotatable bonds is 7. The first kappa shape index (κ1) is 25.5. The van der Waals surface area contributed by atoms with Gasteiger partial charge in [0.05, 0.1) is 17.1 Å². The van der Waals surface area contributed by atoms with Crippen molar-refractivity contribution in [1.82, 2.24) is 4.90 Å². The second-order valence-corrected chi connectivity index (χ2v) is 11.1. The van der Waals surface area contributed by atoms with Crippen LogP contribution in [0.5, 0.6) is 11.5 Å². The average molecular weight is 511 g/mol. The molecule has 0 aromatic heterocycles. The first-order valence-corrected chi connectivity index (χ1v) is 13.0. The van der Waals surface area contributed by atoms with Gasteiger partial charge in [0.25, 0.3) is 0 Å². The van der Waals surface area contributed by atoms with Crippen LogP contribution in [-0.4, -0.2) is 45.2 Å². The third kappa shape index (κ3) is 6.17. The first-order chi connectivity index (χ1) is 16.3. The summed E-state index contributed by atoms with van der Waals surface area (Å²) in [6, 6.07) is 8.37.